The fraction of sp³-hybridized carbons (Fsp3) is 0. The lowest BCUT2D eigenvalue weighted by atomic mass is 10.3. The van der Waals surface area contributed by atoms with Gasteiger partial charge < -0.3 is 0 Å². The van der Waals surface area contributed by atoms with Crippen LogP contribution in [0.25, 0.3) is 6.08 Å². The molecule has 0 fully saturated rings. The molecule has 0 bridgehead atoms. The summed E-state index contributed by atoms with van der Waals surface area (Å²) >= 11 is 5.37. The summed E-state index contributed by atoms with van der Waals surface area (Å²) < 4.78 is 0. The molecule has 0 radical (unpaired) electrons. The maximum absolute atomic E-state index is 10.3. The van der Waals surface area contributed by atoms with Crippen LogP contribution in [0.3, 0.4) is 0 Å². The summed E-state index contributed by atoms with van der Waals surface area (Å²) in [6.07, 6.45) is 4.25. The first kappa shape index (κ1) is 16.2. The summed E-state index contributed by atoms with van der Waals surface area (Å²) in [5, 5.41) is 20.3. The Labute approximate surface area is 124 Å². The van der Waals surface area contributed by atoms with Gasteiger partial charge in [-0.05, 0) is 18.2 Å². The lowest BCUT2D eigenvalue weighted by molar-refractivity contribution is -0.385. The van der Waals surface area contributed by atoms with E-state index in [9.17, 15) is 20.2 Å². The molecule has 2 aromatic rings. The summed E-state index contributed by atoms with van der Waals surface area (Å²) in [6.45, 7) is 3.41. The molecule has 0 atom stereocenters. The van der Waals surface area contributed by atoms with E-state index in [1.54, 1.807) is 0 Å². The Morgan fingerprint density at radius 3 is 1.95 bits per heavy atom. The van der Waals surface area contributed by atoms with Crippen molar-refractivity contribution in [1.29, 1.82) is 0 Å². The number of aromatic nitrogens is 2. The van der Waals surface area contributed by atoms with Gasteiger partial charge in [-0.3, -0.25) is 20.2 Å². The smallest absolute Gasteiger partial charge is 0.258 e. The van der Waals surface area contributed by atoms with E-state index in [0.29, 0.717) is 5.69 Å². The van der Waals surface area contributed by atoms with Gasteiger partial charge in [0.2, 0.25) is 5.15 Å². The number of hydrogen-bond donors (Lipinski definition) is 0. The third kappa shape index (κ3) is 4.62. The van der Waals surface area contributed by atoms with Gasteiger partial charge in [-0.1, -0.05) is 18.2 Å². The van der Waals surface area contributed by atoms with E-state index in [0.717, 1.165) is 0 Å². The Balaban J connectivity index is 0.000000211. The van der Waals surface area contributed by atoms with E-state index in [-0.39, 0.29) is 16.5 Å². The molecule has 8 nitrogen and oxygen atoms in total. The van der Waals surface area contributed by atoms with Crippen molar-refractivity contribution in [3.63, 3.8) is 0 Å². The highest BCUT2D eigenvalue weighted by molar-refractivity contribution is 6.31. The highest BCUT2D eigenvalue weighted by Gasteiger charge is 2.10. The van der Waals surface area contributed by atoms with Gasteiger partial charge in [0, 0.05) is 24.5 Å². The van der Waals surface area contributed by atoms with Gasteiger partial charge in [0.25, 0.3) is 5.69 Å². The van der Waals surface area contributed by atoms with Crippen molar-refractivity contribution in [1.82, 2.24) is 9.97 Å². The van der Waals surface area contributed by atoms with Crippen LogP contribution in [-0.4, -0.2) is 19.8 Å². The molecule has 2 aromatic heterocycles. The van der Waals surface area contributed by atoms with Crippen LogP contribution < -0.4 is 0 Å². The van der Waals surface area contributed by atoms with Gasteiger partial charge in [-0.15, -0.1) is 0 Å². The van der Waals surface area contributed by atoms with Crippen LogP contribution in [0.15, 0.2) is 43.2 Å². The third-order valence-corrected chi connectivity index (χ3v) is 2.43. The average molecular weight is 309 g/mol. The number of nitrogens with zero attached hydrogens (tertiary/aromatic N) is 4. The maximum Gasteiger partial charge on any atom is 0.306 e. The predicted octanol–water partition coefficient (Wildman–Crippen LogP) is 3.28. The molecular formula is C12H9ClN4O4. The molecule has 2 rings (SSSR count). The van der Waals surface area contributed by atoms with Gasteiger partial charge in [-0.2, -0.15) is 0 Å². The standard InChI is InChI=1S/C7H6N2O2.C5H3ClN2O2/c1-2-6-7(9(10)11)4-3-5-8-6;6-5-4(8(9)10)2-1-3-7-5/h2-5H,1H2;1-3H. The Morgan fingerprint density at radius 1 is 1.05 bits per heavy atom. The van der Waals surface area contributed by atoms with Gasteiger partial charge in [-0.25, -0.2) is 9.97 Å². The zero-order valence-electron chi connectivity index (χ0n) is 10.5. The molecule has 2 heterocycles. The number of rotatable bonds is 3. The Kier molecular flexibility index (Phi) is 5.90. The molecule has 0 amide bonds. The molecule has 0 saturated heterocycles. The second-order valence-electron chi connectivity index (χ2n) is 3.44. The van der Waals surface area contributed by atoms with E-state index in [2.05, 4.69) is 16.5 Å². The zero-order chi connectivity index (χ0) is 15.8. The first-order chi connectivity index (χ1) is 9.97. The molecule has 0 aliphatic rings. The van der Waals surface area contributed by atoms with Crippen molar-refractivity contribution in [2.75, 3.05) is 0 Å². The number of halogens is 1. The van der Waals surface area contributed by atoms with Crippen molar-refractivity contribution < 1.29 is 9.85 Å². The Morgan fingerprint density at radius 2 is 1.57 bits per heavy atom. The molecule has 0 spiro atoms. The molecule has 21 heavy (non-hydrogen) atoms. The second kappa shape index (κ2) is 7.65. The normalized spacial score (nSPS) is 9.19. The largest absolute Gasteiger partial charge is 0.306 e. The second-order valence-corrected chi connectivity index (χ2v) is 3.80. The summed E-state index contributed by atoms with van der Waals surface area (Å²) in [5.41, 5.74) is 0.129. The van der Waals surface area contributed by atoms with Crippen molar-refractivity contribution in [3.8, 4) is 0 Å². The molecule has 0 saturated carbocycles. The molecule has 0 aromatic carbocycles. The topological polar surface area (TPSA) is 112 Å². The minimum Gasteiger partial charge on any atom is -0.258 e. The molecule has 0 aliphatic heterocycles. The Bertz CT molecular complexity index is 678. The monoisotopic (exact) mass is 308 g/mol. The molecule has 0 N–H and O–H groups in total. The summed E-state index contributed by atoms with van der Waals surface area (Å²) in [7, 11) is 0. The van der Waals surface area contributed by atoms with Crippen LogP contribution in [0.1, 0.15) is 5.69 Å². The Hall–Kier alpha value is -2.87. The zero-order valence-corrected chi connectivity index (χ0v) is 11.3. The van der Waals surface area contributed by atoms with Crippen LogP contribution in [0.4, 0.5) is 11.4 Å². The average Bonchev–Trinajstić information content (AvgIpc) is 2.48. The van der Waals surface area contributed by atoms with E-state index in [1.807, 2.05) is 0 Å². The van der Waals surface area contributed by atoms with Gasteiger partial charge >= 0.3 is 5.69 Å². The first-order valence-electron chi connectivity index (χ1n) is 5.44. The first-order valence-corrected chi connectivity index (χ1v) is 5.82. The third-order valence-electron chi connectivity index (χ3n) is 2.14. The predicted molar refractivity (Wildman–Crippen MR) is 76.9 cm³/mol. The fourth-order valence-corrected chi connectivity index (χ4v) is 1.42. The highest BCUT2D eigenvalue weighted by Crippen LogP contribution is 2.19. The highest BCUT2D eigenvalue weighted by atomic mass is 35.5. The fourth-order valence-electron chi connectivity index (χ4n) is 1.23. The van der Waals surface area contributed by atoms with Crippen molar-refractivity contribution >= 4 is 29.1 Å². The van der Waals surface area contributed by atoms with E-state index in [4.69, 9.17) is 11.6 Å². The van der Waals surface area contributed by atoms with Crippen molar-refractivity contribution in [2.45, 2.75) is 0 Å². The van der Waals surface area contributed by atoms with Gasteiger partial charge in [0.1, 0.15) is 5.69 Å². The summed E-state index contributed by atoms with van der Waals surface area (Å²) in [5.74, 6) is 0. The van der Waals surface area contributed by atoms with Crippen molar-refractivity contribution in [2.24, 2.45) is 0 Å². The quantitative estimate of drug-likeness (QED) is 0.488. The molecule has 0 aliphatic carbocycles. The van der Waals surface area contributed by atoms with Crippen molar-refractivity contribution in [3.05, 3.63) is 74.3 Å². The lowest BCUT2D eigenvalue weighted by Crippen LogP contribution is -1.92. The number of pyridine rings is 2. The van der Waals surface area contributed by atoms with Crippen LogP contribution in [0.5, 0.6) is 0 Å². The summed E-state index contributed by atoms with van der Waals surface area (Å²) in [4.78, 5) is 26.6. The molecule has 9 heteroatoms. The molecule has 0 unspecified atom stereocenters. The molecular weight excluding hydrogens is 300 g/mol. The van der Waals surface area contributed by atoms with Crippen LogP contribution in [0, 0.1) is 20.2 Å². The number of hydrogen-bond acceptors (Lipinski definition) is 6. The van der Waals surface area contributed by atoms with E-state index in [1.165, 1.54) is 42.7 Å². The minimum absolute atomic E-state index is 0.0116. The summed E-state index contributed by atoms with van der Waals surface area (Å²) in [6, 6.07) is 5.68. The van der Waals surface area contributed by atoms with Gasteiger partial charge in [0.15, 0.2) is 0 Å². The van der Waals surface area contributed by atoms with Crippen LogP contribution in [-0.2, 0) is 0 Å². The van der Waals surface area contributed by atoms with Crippen LogP contribution in [0.2, 0.25) is 5.15 Å². The lowest BCUT2D eigenvalue weighted by Gasteiger charge is -1.92. The van der Waals surface area contributed by atoms with E-state index < -0.39 is 9.85 Å². The maximum atomic E-state index is 10.3. The van der Waals surface area contributed by atoms with Crippen LogP contribution >= 0.6 is 11.6 Å². The number of nitro groups is 2. The van der Waals surface area contributed by atoms with E-state index >= 15 is 0 Å². The molecule has 108 valence electrons. The SMILES string of the molecule is C=Cc1ncccc1[N+](=O)[O-].O=[N+]([O-])c1cccnc1Cl. The van der Waals surface area contributed by atoms with Gasteiger partial charge in [0.05, 0.1) is 9.85 Å². The minimum atomic E-state index is -0.574.